The van der Waals surface area contributed by atoms with Gasteiger partial charge in [0.2, 0.25) is 0 Å². The Bertz CT molecular complexity index is 392. The van der Waals surface area contributed by atoms with Crippen LogP contribution in [0.25, 0.3) is 5.83 Å². The Hall–Kier alpha value is -1.78. The number of carbonyl (C=O) groups excluding carboxylic acids is 1. The van der Waals surface area contributed by atoms with E-state index in [1.54, 1.807) is 0 Å². The number of halogens is 3. The highest BCUT2D eigenvalue weighted by molar-refractivity contribution is 5.69. The first-order valence-electron chi connectivity index (χ1n) is 4.00. The number of hydrogen-bond acceptors (Lipinski definition) is 2. The zero-order valence-electron chi connectivity index (χ0n) is 7.76. The first-order chi connectivity index (χ1) is 7.00. The molecule has 0 saturated carbocycles. The van der Waals surface area contributed by atoms with E-state index in [4.69, 9.17) is 0 Å². The molecule has 2 nitrogen and oxygen atoms in total. The standard InChI is InChI=1S/C10H7F3O2/c1-6(14)15-8-4-2-7(3-5-8)9(11)10(12)13/h2-5H,1H3. The summed E-state index contributed by atoms with van der Waals surface area (Å²) in [6.07, 6.45) is -2.38. The highest BCUT2D eigenvalue weighted by Gasteiger charge is 2.08. The molecule has 15 heavy (non-hydrogen) atoms. The molecule has 0 atom stereocenters. The van der Waals surface area contributed by atoms with E-state index in [2.05, 4.69) is 4.74 Å². The van der Waals surface area contributed by atoms with Gasteiger partial charge in [0.05, 0.1) is 0 Å². The van der Waals surface area contributed by atoms with Crippen LogP contribution in [0.2, 0.25) is 0 Å². The maximum Gasteiger partial charge on any atom is 0.308 e. The maximum atomic E-state index is 12.7. The first kappa shape index (κ1) is 11.3. The Kier molecular flexibility index (Phi) is 3.49. The molecule has 0 saturated heterocycles. The normalized spacial score (nSPS) is 9.60. The van der Waals surface area contributed by atoms with Crippen LogP contribution < -0.4 is 4.74 Å². The number of carbonyl (C=O) groups is 1. The predicted molar refractivity (Wildman–Crippen MR) is 48.0 cm³/mol. The molecule has 0 spiro atoms. The average molecular weight is 216 g/mol. The van der Waals surface area contributed by atoms with Crippen LogP contribution in [0.3, 0.4) is 0 Å². The number of hydrogen-bond donors (Lipinski definition) is 0. The van der Waals surface area contributed by atoms with E-state index >= 15 is 0 Å². The molecule has 0 aromatic heterocycles. The van der Waals surface area contributed by atoms with E-state index in [0.29, 0.717) is 0 Å². The number of ether oxygens (including phenoxy) is 1. The van der Waals surface area contributed by atoms with Gasteiger partial charge in [-0.3, -0.25) is 4.79 Å². The molecule has 1 aromatic rings. The van der Waals surface area contributed by atoms with Gasteiger partial charge in [0.25, 0.3) is 0 Å². The minimum Gasteiger partial charge on any atom is -0.427 e. The van der Waals surface area contributed by atoms with Crippen LogP contribution in [0.4, 0.5) is 13.2 Å². The molecule has 0 heterocycles. The van der Waals surface area contributed by atoms with Gasteiger partial charge in [-0.25, -0.2) is 4.39 Å². The van der Waals surface area contributed by atoms with E-state index in [1.165, 1.54) is 19.1 Å². The Labute approximate surface area is 84.0 Å². The smallest absolute Gasteiger partial charge is 0.308 e. The fraction of sp³-hybridized carbons (Fsp3) is 0.100. The molecule has 1 aromatic carbocycles. The van der Waals surface area contributed by atoms with Gasteiger partial charge in [-0.05, 0) is 24.3 Å². The molecule has 80 valence electrons. The highest BCUT2D eigenvalue weighted by Crippen LogP contribution is 2.24. The third-order valence-electron chi connectivity index (χ3n) is 1.54. The van der Waals surface area contributed by atoms with Crippen molar-refractivity contribution in [2.75, 3.05) is 0 Å². The van der Waals surface area contributed by atoms with Crippen LogP contribution in [-0.2, 0) is 4.79 Å². The lowest BCUT2D eigenvalue weighted by molar-refractivity contribution is -0.131. The summed E-state index contributed by atoms with van der Waals surface area (Å²) in [7, 11) is 0. The molecular formula is C10H7F3O2. The Morgan fingerprint density at radius 2 is 1.67 bits per heavy atom. The molecule has 0 radical (unpaired) electrons. The van der Waals surface area contributed by atoms with Crippen molar-refractivity contribution in [2.45, 2.75) is 6.92 Å². The van der Waals surface area contributed by atoms with Crippen molar-refractivity contribution in [3.63, 3.8) is 0 Å². The fourth-order valence-corrected chi connectivity index (χ4v) is 0.944. The summed E-state index contributed by atoms with van der Waals surface area (Å²) in [6.45, 7) is 1.20. The number of esters is 1. The van der Waals surface area contributed by atoms with Gasteiger partial charge in [-0.2, -0.15) is 8.78 Å². The zero-order valence-corrected chi connectivity index (χ0v) is 7.76. The molecule has 0 aliphatic carbocycles. The van der Waals surface area contributed by atoms with Crippen LogP contribution in [0.5, 0.6) is 5.75 Å². The van der Waals surface area contributed by atoms with Crippen molar-refractivity contribution in [2.24, 2.45) is 0 Å². The molecule has 5 heteroatoms. The van der Waals surface area contributed by atoms with E-state index < -0.39 is 17.9 Å². The van der Waals surface area contributed by atoms with E-state index in [-0.39, 0.29) is 11.3 Å². The summed E-state index contributed by atoms with van der Waals surface area (Å²) in [5, 5.41) is 0. The van der Waals surface area contributed by atoms with E-state index in [0.717, 1.165) is 12.1 Å². The van der Waals surface area contributed by atoms with Gasteiger partial charge < -0.3 is 4.74 Å². The quantitative estimate of drug-likeness (QED) is 0.560. The molecule has 0 fully saturated rings. The minimum absolute atomic E-state index is 0.179. The molecule has 0 aliphatic rings. The third-order valence-corrected chi connectivity index (χ3v) is 1.54. The second-order valence-corrected chi connectivity index (χ2v) is 2.69. The topological polar surface area (TPSA) is 26.3 Å². The Morgan fingerprint density at radius 3 is 2.07 bits per heavy atom. The van der Waals surface area contributed by atoms with Crippen molar-refractivity contribution < 1.29 is 22.7 Å². The number of rotatable bonds is 2. The molecule has 0 aliphatic heterocycles. The van der Waals surface area contributed by atoms with Crippen LogP contribution in [0, 0.1) is 0 Å². The summed E-state index contributed by atoms with van der Waals surface area (Å²) in [6, 6.07) is 4.68. The largest absolute Gasteiger partial charge is 0.427 e. The van der Waals surface area contributed by atoms with Gasteiger partial charge in [-0.15, -0.1) is 0 Å². The fourth-order valence-electron chi connectivity index (χ4n) is 0.944. The van der Waals surface area contributed by atoms with Crippen LogP contribution in [-0.4, -0.2) is 5.97 Å². The highest BCUT2D eigenvalue weighted by atomic mass is 19.3. The monoisotopic (exact) mass is 216 g/mol. The lowest BCUT2D eigenvalue weighted by atomic mass is 10.2. The zero-order chi connectivity index (χ0) is 11.4. The van der Waals surface area contributed by atoms with Gasteiger partial charge >= 0.3 is 12.0 Å². The SMILES string of the molecule is CC(=O)Oc1ccc(C(F)=C(F)F)cc1. The summed E-state index contributed by atoms with van der Waals surface area (Å²) in [4.78, 5) is 10.5. The van der Waals surface area contributed by atoms with Crippen LogP contribution >= 0.6 is 0 Å². The van der Waals surface area contributed by atoms with Crippen molar-refractivity contribution >= 4 is 11.8 Å². The molecular weight excluding hydrogens is 209 g/mol. The third kappa shape index (κ3) is 3.12. The second-order valence-electron chi connectivity index (χ2n) is 2.69. The number of benzene rings is 1. The van der Waals surface area contributed by atoms with E-state index in [9.17, 15) is 18.0 Å². The van der Waals surface area contributed by atoms with Crippen LogP contribution in [0.1, 0.15) is 12.5 Å². The van der Waals surface area contributed by atoms with Crippen molar-refractivity contribution in [3.05, 3.63) is 35.9 Å². The van der Waals surface area contributed by atoms with Crippen molar-refractivity contribution in [3.8, 4) is 5.75 Å². The molecule has 1 rings (SSSR count). The molecule has 0 amide bonds. The lowest BCUT2D eigenvalue weighted by Crippen LogP contribution is -2.00. The summed E-state index contributed by atoms with van der Waals surface area (Å²) in [5.74, 6) is -1.93. The summed E-state index contributed by atoms with van der Waals surface area (Å²) < 4.78 is 41.0. The Morgan fingerprint density at radius 1 is 1.13 bits per heavy atom. The van der Waals surface area contributed by atoms with Gasteiger partial charge in [0.1, 0.15) is 5.75 Å². The Balaban J connectivity index is 2.90. The lowest BCUT2D eigenvalue weighted by Gasteiger charge is -2.01. The molecule has 0 bridgehead atoms. The summed E-state index contributed by atoms with van der Waals surface area (Å²) >= 11 is 0. The van der Waals surface area contributed by atoms with Gasteiger partial charge in [0, 0.05) is 12.5 Å². The van der Waals surface area contributed by atoms with Gasteiger partial charge in [0.15, 0.2) is 5.83 Å². The predicted octanol–water partition coefficient (Wildman–Crippen LogP) is 3.15. The van der Waals surface area contributed by atoms with E-state index in [1.807, 2.05) is 0 Å². The minimum atomic E-state index is -2.38. The van der Waals surface area contributed by atoms with Crippen molar-refractivity contribution in [1.29, 1.82) is 0 Å². The maximum absolute atomic E-state index is 12.7. The second kappa shape index (κ2) is 4.63. The van der Waals surface area contributed by atoms with Crippen molar-refractivity contribution in [1.82, 2.24) is 0 Å². The molecule has 0 unspecified atom stereocenters. The van der Waals surface area contributed by atoms with Gasteiger partial charge in [-0.1, -0.05) is 0 Å². The summed E-state index contributed by atoms with van der Waals surface area (Å²) in [5.41, 5.74) is -0.258. The average Bonchev–Trinajstić information content (AvgIpc) is 2.17. The molecule has 0 N–H and O–H groups in total. The first-order valence-corrected chi connectivity index (χ1v) is 4.00. The van der Waals surface area contributed by atoms with Crippen LogP contribution in [0.15, 0.2) is 30.3 Å².